The highest BCUT2D eigenvalue weighted by Crippen LogP contribution is 2.26. The molecule has 0 aliphatic heterocycles. The molecule has 0 saturated carbocycles. The molecule has 0 saturated heterocycles. The standard InChI is InChI=1S/C13H20FNO.ClH/c1-13(2,3)12(15)8-11(16)9-5-4-6-10(14)7-9;/h4-7,11-12,16H,8,15H2,1-3H3;1H/t11-,12-;/m1./s1. The molecule has 1 rings (SSSR count). The summed E-state index contributed by atoms with van der Waals surface area (Å²) in [6.45, 7) is 6.07. The maximum Gasteiger partial charge on any atom is 0.123 e. The Morgan fingerprint density at radius 3 is 2.41 bits per heavy atom. The summed E-state index contributed by atoms with van der Waals surface area (Å²) in [5, 5.41) is 9.93. The van der Waals surface area contributed by atoms with Crippen LogP contribution in [0.5, 0.6) is 0 Å². The Hall–Kier alpha value is -0.640. The zero-order valence-electron chi connectivity index (χ0n) is 10.5. The summed E-state index contributed by atoms with van der Waals surface area (Å²) in [4.78, 5) is 0. The average Bonchev–Trinajstić information content (AvgIpc) is 2.16. The van der Waals surface area contributed by atoms with E-state index in [0.29, 0.717) is 12.0 Å². The van der Waals surface area contributed by atoms with Gasteiger partial charge in [0.25, 0.3) is 0 Å². The smallest absolute Gasteiger partial charge is 0.123 e. The van der Waals surface area contributed by atoms with Crippen molar-refractivity contribution in [1.29, 1.82) is 0 Å². The highest BCUT2D eigenvalue weighted by atomic mass is 35.5. The van der Waals surface area contributed by atoms with Crippen LogP contribution >= 0.6 is 12.4 Å². The molecule has 2 atom stereocenters. The van der Waals surface area contributed by atoms with Crippen molar-refractivity contribution in [1.82, 2.24) is 0 Å². The summed E-state index contributed by atoms with van der Waals surface area (Å²) >= 11 is 0. The molecule has 98 valence electrons. The van der Waals surface area contributed by atoms with E-state index >= 15 is 0 Å². The van der Waals surface area contributed by atoms with Gasteiger partial charge in [0.15, 0.2) is 0 Å². The number of benzene rings is 1. The first kappa shape index (κ1) is 16.4. The quantitative estimate of drug-likeness (QED) is 0.879. The first-order chi connectivity index (χ1) is 7.30. The number of halogens is 2. The van der Waals surface area contributed by atoms with E-state index in [1.807, 2.05) is 20.8 Å². The molecule has 1 aromatic carbocycles. The van der Waals surface area contributed by atoms with Crippen molar-refractivity contribution in [2.75, 3.05) is 0 Å². The second kappa shape index (κ2) is 6.34. The summed E-state index contributed by atoms with van der Waals surface area (Å²) in [5.74, 6) is -0.333. The van der Waals surface area contributed by atoms with Crippen LogP contribution < -0.4 is 5.73 Å². The fourth-order valence-electron chi connectivity index (χ4n) is 1.44. The fourth-order valence-corrected chi connectivity index (χ4v) is 1.44. The van der Waals surface area contributed by atoms with Gasteiger partial charge in [0, 0.05) is 6.04 Å². The van der Waals surface area contributed by atoms with E-state index in [9.17, 15) is 9.50 Å². The Morgan fingerprint density at radius 1 is 1.35 bits per heavy atom. The van der Waals surface area contributed by atoms with E-state index < -0.39 is 6.10 Å². The minimum absolute atomic E-state index is 0. The normalized spacial score (nSPS) is 14.9. The third kappa shape index (κ3) is 5.02. The Bertz CT molecular complexity index is 352. The number of rotatable bonds is 3. The lowest BCUT2D eigenvalue weighted by molar-refractivity contribution is 0.133. The molecule has 3 N–H and O–H groups in total. The lowest BCUT2D eigenvalue weighted by Crippen LogP contribution is -2.36. The first-order valence-corrected chi connectivity index (χ1v) is 5.50. The number of nitrogens with two attached hydrogens (primary N) is 1. The molecule has 0 unspecified atom stereocenters. The maximum atomic E-state index is 13.0. The minimum atomic E-state index is -0.704. The molecule has 0 radical (unpaired) electrons. The van der Waals surface area contributed by atoms with Gasteiger partial charge in [-0.2, -0.15) is 0 Å². The second-order valence-corrected chi connectivity index (χ2v) is 5.28. The molecule has 0 aliphatic carbocycles. The van der Waals surface area contributed by atoms with E-state index in [0.717, 1.165) is 0 Å². The van der Waals surface area contributed by atoms with Gasteiger partial charge in [-0.3, -0.25) is 0 Å². The predicted octanol–water partition coefficient (Wildman–Crippen LogP) is 3.04. The van der Waals surface area contributed by atoms with Crippen molar-refractivity contribution in [3.05, 3.63) is 35.6 Å². The van der Waals surface area contributed by atoms with Crippen LogP contribution in [0.4, 0.5) is 4.39 Å². The zero-order chi connectivity index (χ0) is 12.3. The molecule has 0 spiro atoms. The van der Waals surface area contributed by atoms with Gasteiger partial charge in [-0.1, -0.05) is 32.9 Å². The van der Waals surface area contributed by atoms with Crippen LogP contribution in [0.25, 0.3) is 0 Å². The van der Waals surface area contributed by atoms with E-state index in [2.05, 4.69) is 0 Å². The van der Waals surface area contributed by atoms with E-state index in [1.54, 1.807) is 12.1 Å². The summed E-state index contributed by atoms with van der Waals surface area (Å²) in [6.07, 6.45) is -0.266. The monoisotopic (exact) mass is 261 g/mol. The van der Waals surface area contributed by atoms with E-state index in [1.165, 1.54) is 12.1 Å². The van der Waals surface area contributed by atoms with Gasteiger partial charge in [0.1, 0.15) is 5.82 Å². The summed E-state index contributed by atoms with van der Waals surface area (Å²) in [5.41, 5.74) is 6.50. The number of hydrogen-bond donors (Lipinski definition) is 2. The van der Waals surface area contributed by atoms with Crippen molar-refractivity contribution >= 4 is 12.4 Å². The van der Waals surface area contributed by atoms with Gasteiger partial charge >= 0.3 is 0 Å². The highest BCUT2D eigenvalue weighted by molar-refractivity contribution is 5.85. The second-order valence-electron chi connectivity index (χ2n) is 5.28. The highest BCUT2D eigenvalue weighted by Gasteiger charge is 2.23. The molecule has 0 aromatic heterocycles. The molecule has 1 aromatic rings. The average molecular weight is 262 g/mol. The van der Waals surface area contributed by atoms with Gasteiger partial charge in [0.05, 0.1) is 6.10 Å². The molecule has 2 nitrogen and oxygen atoms in total. The van der Waals surface area contributed by atoms with Crippen LogP contribution in [0.15, 0.2) is 24.3 Å². The molecular weight excluding hydrogens is 241 g/mol. The molecule has 0 aliphatic rings. The number of hydrogen-bond acceptors (Lipinski definition) is 2. The largest absolute Gasteiger partial charge is 0.388 e. The molecule has 0 fully saturated rings. The molecule has 0 amide bonds. The molecular formula is C13H21ClFNO. The Labute approximate surface area is 108 Å². The van der Waals surface area contributed by atoms with Crippen molar-refractivity contribution in [3.63, 3.8) is 0 Å². The number of aliphatic hydroxyl groups is 1. The fraction of sp³-hybridized carbons (Fsp3) is 0.538. The van der Waals surface area contributed by atoms with Crippen LogP contribution in [0, 0.1) is 11.2 Å². The first-order valence-electron chi connectivity index (χ1n) is 5.50. The SMILES string of the molecule is CC(C)(C)[C@H](N)C[C@@H](O)c1cccc(F)c1.Cl. The topological polar surface area (TPSA) is 46.2 Å². The lowest BCUT2D eigenvalue weighted by atomic mass is 9.83. The van der Waals surface area contributed by atoms with Crippen LogP contribution in [-0.4, -0.2) is 11.1 Å². The summed E-state index contributed by atoms with van der Waals surface area (Å²) < 4.78 is 13.0. The Balaban J connectivity index is 0.00000256. The van der Waals surface area contributed by atoms with Crippen LogP contribution in [0.3, 0.4) is 0 Å². The maximum absolute atomic E-state index is 13.0. The van der Waals surface area contributed by atoms with E-state index in [-0.39, 0.29) is 29.7 Å². The van der Waals surface area contributed by atoms with Crippen molar-refractivity contribution in [2.45, 2.75) is 39.3 Å². The van der Waals surface area contributed by atoms with Gasteiger partial charge < -0.3 is 10.8 Å². The lowest BCUT2D eigenvalue weighted by Gasteiger charge is -2.29. The van der Waals surface area contributed by atoms with Crippen molar-refractivity contribution in [3.8, 4) is 0 Å². The molecule has 4 heteroatoms. The molecule has 17 heavy (non-hydrogen) atoms. The van der Waals surface area contributed by atoms with Gasteiger partial charge in [-0.05, 0) is 29.5 Å². The molecule has 0 heterocycles. The van der Waals surface area contributed by atoms with Crippen LogP contribution in [0.2, 0.25) is 0 Å². The zero-order valence-corrected chi connectivity index (χ0v) is 11.3. The van der Waals surface area contributed by atoms with Crippen LogP contribution in [-0.2, 0) is 0 Å². The third-order valence-corrected chi connectivity index (χ3v) is 2.82. The number of aliphatic hydroxyl groups excluding tert-OH is 1. The van der Waals surface area contributed by atoms with Gasteiger partial charge in [-0.15, -0.1) is 12.4 Å². The van der Waals surface area contributed by atoms with Crippen LogP contribution in [0.1, 0.15) is 38.9 Å². The van der Waals surface area contributed by atoms with Gasteiger partial charge in [-0.25, -0.2) is 4.39 Å². The van der Waals surface area contributed by atoms with Crippen molar-refractivity contribution < 1.29 is 9.50 Å². The van der Waals surface area contributed by atoms with Crippen molar-refractivity contribution in [2.24, 2.45) is 11.1 Å². The summed E-state index contributed by atoms with van der Waals surface area (Å²) in [7, 11) is 0. The predicted molar refractivity (Wildman–Crippen MR) is 70.7 cm³/mol. The van der Waals surface area contributed by atoms with Gasteiger partial charge in [0.2, 0.25) is 0 Å². The van der Waals surface area contributed by atoms with E-state index in [4.69, 9.17) is 5.73 Å². The molecule has 0 bridgehead atoms. The minimum Gasteiger partial charge on any atom is -0.388 e. The Morgan fingerprint density at radius 2 is 1.94 bits per heavy atom. The summed E-state index contributed by atoms with van der Waals surface area (Å²) in [6, 6.07) is 5.89. The third-order valence-electron chi connectivity index (χ3n) is 2.82. The Kier molecular flexibility index (Phi) is 6.10.